The van der Waals surface area contributed by atoms with Gasteiger partial charge in [-0.1, -0.05) is 20.8 Å². The molecule has 18 heavy (non-hydrogen) atoms. The van der Waals surface area contributed by atoms with Gasteiger partial charge >= 0.3 is 0 Å². The lowest BCUT2D eigenvalue weighted by Gasteiger charge is -2.39. The number of nitrogens with one attached hydrogen (secondary N) is 1. The third-order valence-corrected chi connectivity index (χ3v) is 7.02. The van der Waals surface area contributed by atoms with Gasteiger partial charge in [-0.3, -0.25) is 0 Å². The average molecular weight is 264 g/mol. The lowest BCUT2D eigenvalue weighted by Crippen LogP contribution is -2.44. The first-order valence-electron chi connectivity index (χ1n) is 7.00. The largest absolute Gasteiger partial charge is 0.398 e. The van der Waals surface area contributed by atoms with E-state index in [9.17, 15) is 0 Å². The van der Waals surface area contributed by atoms with Crippen LogP contribution in [-0.2, 0) is 6.54 Å². The van der Waals surface area contributed by atoms with Crippen molar-refractivity contribution in [3.63, 3.8) is 0 Å². The quantitative estimate of drug-likeness (QED) is 0.875. The zero-order valence-electron chi connectivity index (χ0n) is 11.6. The first kappa shape index (κ1) is 12.5. The van der Waals surface area contributed by atoms with Crippen LogP contribution in [0.25, 0.3) is 0 Å². The highest BCUT2D eigenvalue weighted by Crippen LogP contribution is 2.65. The van der Waals surface area contributed by atoms with Gasteiger partial charge in [-0.2, -0.15) is 0 Å². The molecule has 2 nitrogen and oxygen atoms in total. The lowest BCUT2D eigenvalue weighted by atomic mass is 9.69. The van der Waals surface area contributed by atoms with Crippen molar-refractivity contribution < 1.29 is 0 Å². The first-order chi connectivity index (χ1) is 8.45. The van der Waals surface area contributed by atoms with Gasteiger partial charge in [0.25, 0.3) is 0 Å². The van der Waals surface area contributed by atoms with Crippen molar-refractivity contribution >= 4 is 17.0 Å². The Kier molecular flexibility index (Phi) is 2.76. The van der Waals surface area contributed by atoms with Crippen LogP contribution in [-0.4, -0.2) is 6.04 Å². The molecule has 0 saturated heterocycles. The van der Waals surface area contributed by atoms with E-state index in [1.54, 1.807) is 11.3 Å². The maximum atomic E-state index is 5.96. The van der Waals surface area contributed by atoms with Crippen LogP contribution in [0.4, 0.5) is 5.69 Å². The molecule has 3 N–H and O–H groups in total. The van der Waals surface area contributed by atoms with Gasteiger partial charge in [0.15, 0.2) is 0 Å². The molecule has 0 amide bonds. The van der Waals surface area contributed by atoms with Gasteiger partial charge in [0.05, 0.1) is 0 Å². The predicted molar refractivity (Wildman–Crippen MR) is 78.6 cm³/mol. The van der Waals surface area contributed by atoms with Crippen LogP contribution in [0.5, 0.6) is 0 Å². The summed E-state index contributed by atoms with van der Waals surface area (Å²) in [5, 5.41) is 5.86. The number of rotatable bonds is 3. The van der Waals surface area contributed by atoms with Gasteiger partial charge in [-0.25, -0.2) is 0 Å². The molecule has 100 valence electrons. The molecule has 0 aliphatic heterocycles. The number of nitrogens with two attached hydrogens (primary N) is 1. The van der Waals surface area contributed by atoms with Crippen LogP contribution in [0.2, 0.25) is 0 Å². The van der Waals surface area contributed by atoms with Crippen molar-refractivity contribution in [1.82, 2.24) is 5.32 Å². The second kappa shape index (κ2) is 3.97. The molecule has 1 aromatic heterocycles. The number of fused-ring (bicyclic) bond motifs is 2. The van der Waals surface area contributed by atoms with Gasteiger partial charge in [0.2, 0.25) is 0 Å². The molecule has 3 rings (SSSR count). The van der Waals surface area contributed by atoms with E-state index in [4.69, 9.17) is 5.73 Å². The second-order valence-electron chi connectivity index (χ2n) is 6.84. The van der Waals surface area contributed by atoms with E-state index in [0.29, 0.717) is 16.9 Å². The molecule has 2 aliphatic carbocycles. The maximum absolute atomic E-state index is 5.96. The number of hydrogen-bond donors (Lipinski definition) is 2. The van der Waals surface area contributed by atoms with Gasteiger partial charge in [0.1, 0.15) is 0 Å². The number of anilines is 1. The van der Waals surface area contributed by atoms with Crippen LogP contribution < -0.4 is 11.1 Å². The van der Waals surface area contributed by atoms with Crippen molar-refractivity contribution in [2.24, 2.45) is 16.7 Å². The normalized spacial score (nSPS) is 37.3. The van der Waals surface area contributed by atoms with E-state index in [2.05, 4.69) is 31.5 Å². The van der Waals surface area contributed by atoms with Crippen molar-refractivity contribution in [2.45, 2.75) is 52.6 Å². The van der Waals surface area contributed by atoms with Crippen molar-refractivity contribution in [1.29, 1.82) is 0 Å². The summed E-state index contributed by atoms with van der Waals surface area (Å²) in [4.78, 5) is 1.29. The van der Waals surface area contributed by atoms with Crippen LogP contribution in [0.1, 0.15) is 44.9 Å². The van der Waals surface area contributed by atoms with E-state index in [0.717, 1.165) is 18.2 Å². The fourth-order valence-electron chi connectivity index (χ4n) is 4.22. The third-order valence-electron chi connectivity index (χ3n) is 6.08. The van der Waals surface area contributed by atoms with E-state index in [1.165, 1.54) is 24.1 Å². The summed E-state index contributed by atoms with van der Waals surface area (Å²) in [6, 6.07) is 2.67. The Hall–Kier alpha value is -0.540. The van der Waals surface area contributed by atoms with Crippen molar-refractivity contribution in [3.05, 3.63) is 16.3 Å². The smallest absolute Gasteiger partial charge is 0.0468 e. The molecule has 3 unspecified atom stereocenters. The average Bonchev–Trinajstić information content (AvgIpc) is 2.87. The molecule has 2 aliphatic rings. The van der Waals surface area contributed by atoms with Crippen LogP contribution in [0.15, 0.2) is 11.4 Å². The minimum absolute atomic E-state index is 0.462. The lowest BCUT2D eigenvalue weighted by molar-refractivity contribution is 0.120. The summed E-state index contributed by atoms with van der Waals surface area (Å²) >= 11 is 1.76. The third kappa shape index (κ3) is 1.56. The molecular formula is C15H24N2S. The molecule has 3 atom stereocenters. The molecule has 1 heterocycles. The molecule has 0 radical (unpaired) electrons. The molecule has 0 spiro atoms. The maximum Gasteiger partial charge on any atom is 0.0468 e. The van der Waals surface area contributed by atoms with E-state index in [-0.39, 0.29) is 0 Å². The highest BCUT2D eigenvalue weighted by molar-refractivity contribution is 7.10. The highest BCUT2D eigenvalue weighted by atomic mass is 32.1. The van der Waals surface area contributed by atoms with Gasteiger partial charge < -0.3 is 11.1 Å². The summed E-state index contributed by atoms with van der Waals surface area (Å²) in [6.07, 6.45) is 4.14. The zero-order chi connectivity index (χ0) is 13.0. The van der Waals surface area contributed by atoms with Crippen molar-refractivity contribution in [3.8, 4) is 0 Å². The second-order valence-corrected chi connectivity index (χ2v) is 7.84. The molecule has 0 aromatic carbocycles. The number of thiophene rings is 1. The minimum Gasteiger partial charge on any atom is -0.398 e. The molecule has 3 heteroatoms. The van der Waals surface area contributed by atoms with Gasteiger partial charge in [0, 0.05) is 23.2 Å². The Balaban J connectivity index is 1.71. The van der Waals surface area contributed by atoms with E-state index in [1.807, 2.05) is 6.07 Å². The van der Waals surface area contributed by atoms with E-state index < -0.39 is 0 Å². The predicted octanol–water partition coefficient (Wildman–Crippen LogP) is 3.63. The van der Waals surface area contributed by atoms with Crippen LogP contribution in [0, 0.1) is 16.7 Å². The molecule has 2 bridgehead atoms. The Bertz CT molecular complexity index is 451. The van der Waals surface area contributed by atoms with E-state index >= 15 is 0 Å². The number of hydrogen-bond acceptors (Lipinski definition) is 3. The minimum atomic E-state index is 0.462. The Morgan fingerprint density at radius 2 is 2.22 bits per heavy atom. The molecule has 1 aromatic rings. The summed E-state index contributed by atoms with van der Waals surface area (Å²) in [6.45, 7) is 8.35. The van der Waals surface area contributed by atoms with Crippen LogP contribution in [0.3, 0.4) is 0 Å². The summed E-state index contributed by atoms with van der Waals surface area (Å²) in [7, 11) is 0. The molecular weight excluding hydrogens is 240 g/mol. The summed E-state index contributed by atoms with van der Waals surface area (Å²) in [5.74, 6) is 0.903. The topological polar surface area (TPSA) is 38.0 Å². The SMILES string of the molecule is CC1(C)C2CCC1(C)C(NCc1sccc1N)C2. The first-order valence-corrected chi connectivity index (χ1v) is 7.88. The number of nitrogen functional groups attached to an aromatic ring is 1. The monoisotopic (exact) mass is 264 g/mol. The van der Waals surface area contributed by atoms with Crippen molar-refractivity contribution in [2.75, 3.05) is 5.73 Å². The zero-order valence-corrected chi connectivity index (χ0v) is 12.4. The highest BCUT2D eigenvalue weighted by Gasteiger charge is 2.60. The molecule has 2 fully saturated rings. The summed E-state index contributed by atoms with van der Waals surface area (Å²) in [5.41, 5.74) is 7.86. The van der Waals surface area contributed by atoms with Gasteiger partial charge in [-0.05, 0) is 47.5 Å². The Labute approximate surface area is 114 Å². The molecule has 2 saturated carbocycles. The summed E-state index contributed by atoms with van der Waals surface area (Å²) < 4.78 is 0. The fourth-order valence-corrected chi connectivity index (χ4v) is 4.97. The fraction of sp³-hybridized carbons (Fsp3) is 0.733. The Morgan fingerprint density at radius 1 is 1.44 bits per heavy atom. The Morgan fingerprint density at radius 3 is 2.72 bits per heavy atom. The van der Waals surface area contributed by atoms with Crippen LogP contribution >= 0.6 is 11.3 Å². The van der Waals surface area contributed by atoms with Gasteiger partial charge in [-0.15, -0.1) is 11.3 Å². The standard InChI is InChI=1S/C15H24N2S/c1-14(2)10-4-6-15(14,3)13(8-10)17-9-12-11(16)5-7-18-12/h5,7,10,13,17H,4,6,8-9,16H2,1-3H3.